The lowest BCUT2D eigenvalue weighted by molar-refractivity contribution is 0.212. The van der Waals surface area contributed by atoms with Gasteiger partial charge in [0.1, 0.15) is 5.75 Å². The van der Waals surface area contributed by atoms with E-state index in [1.807, 2.05) is 6.07 Å². The molecule has 0 aliphatic carbocycles. The number of amides is 2. The molecule has 1 aliphatic heterocycles. The Bertz CT molecular complexity index is 992. The lowest BCUT2D eigenvalue weighted by Crippen LogP contribution is -2.30. The number of nitrogens with zero attached hydrogens (tertiary/aromatic N) is 2. The van der Waals surface area contributed by atoms with Crippen LogP contribution in [-0.4, -0.2) is 21.0 Å². The number of ether oxygens (including phenoxy) is 1. The number of nitrogens with one attached hydrogen (secondary N) is 1. The van der Waals surface area contributed by atoms with E-state index < -0.39 is 5.82 Å². The molecule has 136 valence electrons. The number of phenols is 1. The Balaban J connectivity index is 1.39. The van der Waals surface area contributed by atoms with E-state index in [1.165, 1.54) is 18.3 Å². The number of hydrogen-bond donors (Lipinski definition) is 2. The summed E-state index contributed by atoms with van der Waals surface area (Å²) in [4.78, 5) is 18.2. The van der Waals surface area contributed by atoms with Gasteiger partial charge in [0.05, 0.1) is 11.9 Å². The molecular formula is C20H16FN3O3. The number of hydrogen-bond acceptors (Lipinski definition) is 4. The number of pyridine rings is 1. The van der Waals surface area contributed by atoms with Gasteiger partial charge in [0.15, 0.2) is 11.6 Å². The number of fused-ring (bicyclic) bond motifs is 1. The first-order valence-electron chi connectivity index (χ1n) is 8.33. The molecule has 0 unspecified atom stereocenters. The number of benzene rings is 2. The molecule has 1 aliphatic rings. The predicted molar refractivity (Wildman–Crippen MR) is 97.1 cm³/mol. The third kappa shape index (κ3) is 3.67. The monoisotopic (exact) mass is 365 g/mol. The highest BCUT2D eigenvalue weighted by Gasteiger charge is 2.23. The Morgan fingerprint density at radius 2 is 1.93 bits per heavy atom. The van der Waals surface area contributed by atoms with Gasteiger partial charge in [-0.3, -0.25) is 0 Å². The zero-order chi connectivity index (χ0) is 18.8. The Labute approximate surface area is 154 Å². The van der Waals surface area contributed by atoms with E-state index >= 15 is 0 Å². The summed E-state index contributed by atoms with van der Waals surface area (Å²) in [5.74, 6) is 0.0176. The van der Waals surface area contributed by atoms with Crippen molar-refractivity contribution in [3.05, 3.63) is 77.7 Å². The first-order chi connectivity index (χ1) is 13.1. The van der Waals surface area contributed by atoms with Crippen molar-refractivity contribution in [2.75, 3.05) is 5.32 Å². The van der Waals surface area contributed by atoms with Crippen LogP contribution in [0.1, 0.15) is 11.1 Å². The van der Waals surface area contributed by atoms with Crippen LogP contribution in [0.2, 0.25) is 0 Å². The highest BCUT2D eigenvalue weighted by atomic mass is 19.1. The molecule has 2 aromatic carbocycles. The number of carbonyl (C=O) groups is 1. The quantitative estimate of drug-likeness (QED) is 0.727. The van der Waals surface area contributed by atoms with Gasteiger partial charge in [-0.25, -0.2) is 14.2 Å². The number of anilines is 1. The van der Waals surface area contributed by atoms with Gasteiger partial charge in [0.25, 0.3) is 0 Å². The van der Waals surface area contributed by atoms with E-state index in [2.05, 4.69) is 10.3 Å². The van der Waals surface area contributed by atoms with E-state index in [0.29, 0.717) is 18.8 Å². The van der Waals surface area contributed by atoms with Crippen LogP contribution in [0, 0.1) is 5.82 Å². The zero-order valence-corrected chi connectivity index (χ0v) is 14.2. The van der Waals surface area contributed by atoms with Crippen molar-refractivity contribution < 1.29 is 19.0 Å². The molecule has 0 saturated heterocycles. The largest absolute Gasteiger partial charge is 0.508 e. The minimum Gasteiger partial charge on any atom is -0.508 e. The van der Waals surface area contributed by atoms with Crippen molar-refractivity contribution in [3.63, 3.8) is 0 Å². The third-order valence-electron chi connectivity index (χ3n) is 4.24. The molecule has 3 aromatic rings. The van der Waals surface area contributed by atoms with Crippen LogP contribution in [-0.2, 0) is 13.1 Å². The topological polar surface area (TPSA) is 74.7 Å². The fourth-order valence-electron chi connectivity index (χ4n) is 2.88. The molecule has 2 heterocycles. The molecule has 0 fully saturated rings. The molecule has 6 nitrogen and oxygen atoms in total. The molecule has 4 rings (SSSR count). The van der Waals surface area contributed by atoms with Gasteiger partial charge in [-0.05, 0) is 41.5 Å². The summed E-state index contributed by atoms with van der Waals surface area (Å²) >= 11 is 0. The highest BCUT2D eigenvalue weighted by molar-refractivity contribution is 5.89. The van der Waals surface area contributed by atoms with Crippen molar-refractivity contribution >= 4 is 11.7 Å². The van der Waals surface area contributed by atoms with Crippen molar-refractivity contribution in [1.82, 2.24) is 9.88 Å². The zero-order valence-electron chi connectivity index (χ0n) is 14.2. The number of aromatic nitrogens is 1. The summed E-state index contributed by atoms with van der Waals surface area (Å²) in [6.45, 7) is 0.904. The summed E-state index contributed by atoms with van der Waals surface area (Å²) in [6.07, 6.45) is 1.45. The Morgan fingerprint density at radius 3 is 2.70 bits per heavy atom. The van der Waals surface area contributed by atoms with E-state index in [4.69, 9.17) is 4.74 Å². The number of para-hydroxylation sites is 1. The summed E-state index contributed by atoms with van der Waals surface area (Å²) in [5.41, 5.74) is 2.44. The maximum Gasteiger partial charge on any atom is 0.322 e. The first-order valence-corrected chi connectivity index (χ1v) is 8.33. The Kier molecular flexibility index (Phi) is 4.33. The number of aromatic hydroxyl groups is 1. The van der Waals surface area contributed by atoms with Gasteiger partial charge in [0, 0.05) is 19.2 Å². The van der Waals surface area contributed by atoms with Gasteiger partial charge in [-0.1, -0.05) is 18.2 Å². The number of carbonyl (C=O) groups excluding carboxylic acids is 1. The van der Waals surface area contributed by atoms with E-state index in [9.17, 15) is 14.3 Å². The number of rotatable bonds is 3. The maximum absolute atomic E-state index is 13.6. The average Bonchev–Trinajstić information content (AvgIpc) is 3.08. The lowest BCUT2D eigenvalue weighted by Gasteiger charge is -2.16. The van der Waals surface area contributed by atoms with E-state index in [-0.39, 0.29) is 23.4 Å². The second-order valence-electron chi connectivity index (χ2n) is 6.16. The van der Waals surface area contributed by atoms with E-state index in [0.717, 1.165) is 11.1 Å². The fourth-order valence-corrected chi connectivity index (χ4v) is 2.88. The number of halogens is 1. The van der Waals surface area contributed by atoms with Crippen LogP contribution in [0.4, 0.5) is 14.9 Å². The molecule has 27 heavy (non-hydrogen) atoms. The molecule has 0 saturated carbocycles. The van der Waals surface area contributed by atoms with Crippen LogP contribution in [0.5, 0.6) is 17.4 Å². The van der Waals surface area contributed by atoms with Crippen molar-refractivity contribution in [1.29, 1.82) is 0 Å². The minimum atomic E-state index is -0.476. The van der Waals surface area contributed by atoms with Gasteiger partial charge in [-0.2, -0.15) is 0 Å². The molecule has 0 radical (unpaired) electrons. The summed E-state index contributed by atoms with van der Waals surface area (Å²) in [6, 6.07) is 14.1. The molecule has 0 spiro atoms. The number of phenolic OH excluding ortho intramolecular Hbond substituents is 1. The standard InChI is InChI=1S/C20H16FN3O3/c21-17-3-1-2-4-18(17)27-19-8-6-15(10-22-19)23-20(26)24-11-13-5-7-16(25)9-14(13)12-24/h1-10,25H,11-12H2,(H,23,26). The van der Waals surface area contributed by atoms with Crippen LogP contribution >= 0.6 is 0 Å². The normalized spacial score (nSPS) is 12.6. The molecular weight excluding hydrogens is 349 g/mol. The smallest absolute Gasteiger partial charge is 0.322 e. The average molecular weight is 365 g/mol. The Morgan fingerprint density at radius 1 is 1.11 bits per heavy atom. The van der Waals surface area contributed by atoms with Gasteiger partial charge < -0.3 is 20.1 Å². The van der Waals surface area contributed by atoms with Gasteiger partial charge in [-0.15, -0.1) is 0 Å². The van der Waals surface area contributed by atoms with Crippen LogP contribution in [0.3, 0.4) is 0 Å². The van der Waals surface area contributed by atoms with E-state index in [1.54, 1.807) is 41.3 Å². The maximum atomic E-state index is 13.6. The molecule has 2 N–H and O–H groups in total. The first kappa shape index (κ1) is 16.8. The van der Waals surface area contributed by atoms with Crippen LogP contribution in [0.15, 0.2) is 60.8 Å². The van der Waals surface area contributed by atoms with Crippen molar-refractivity contribution in [2.45, 2.75) is 13.1 Å². The second-order valence-corrected chi connectivity index (χ2v) is 6.16. The van der Waals surface area contributed by atoms with Crippen LogP contribution < -0.4 is 10.1 Å². The lowest BCUT2D eigenvalue weighted by atomic mass is 10.1. The highest BCUT2D eigenvalue weighted by Crippen LogP contribution is 2.27. The molecule has 7 heteroatoms. The predicted octanol–water partition coefficient (Wildman–Crippen LogP) is 4.27. The molecule has 0 bridgehead atoms. The second kappa shape index (κ2) is 6.95. The van der Waals surface area contributed by atoms with Crippen molar-refractivity contribution in [3.8, 4) is 17.4 Å². The molecule has 2 amide bonds. The molecule has 1 aromatic heterocycles. The SMILES string of the molecule is O=C(Nc1ccc(Oc2ccccc2F)nc1)N1Cc2ccc(O)cc2C1. The molecule has 0 atom stereocenters. The summed E-state index contributed by atoms with van der Waals surface area (Å²) in [5, 5.41) is 12.3. The minimum absolute atomic E-state index is 0.0832. The summed E-state index contributed by atoms with van der Waals surface area (Å²) < 4.78 is 19.0. The summed E-state index contributed by atoms with van der Waals surface area (Å²) in [7, 11) is 0. The number of urea groups is 1. The Hall–Kier alpha value is -3.61. The van der Waals surface area contributed by atoms with Crippen LogP contribution in [0.25, 0.3) is 0 Å². The third-order valence-corrected chi connectivity index (χ3v) is 4.24. The van der Waals surface area contributed by atoms with Gasteiger partial charge in [0.2, 0.25) is 5.88 Å². The fraction of sp³-hybridized carbons (Fsp3) is 0.100. The van der Waals surface area contributed by atoms with Crippen molar-refractivity contribution in [2.24, 2.45) is 0 Å². The van der Waals surface area contributed by atoms with Gasteiger partial charge >= 0.3 is 6.03 Å².